The predicted molar refractivity (Wildman–Crippen MR) is 107 cm³/mol. The molecule has 144 valence electrons. The Labute approximate surface area is 169 Å². The number of benzene rings is 2. The van der Waals surface area contributed by atoms with Crippen LogP contribution < -0.4 is 10.4 Å². The lowest BCUT2D eigenvalue weighted by atomic mass is 10.1. The molecule has 3 aromatic heterocycles. The number of furan rings is 1. The van der Waals surface area contributed by atoms with Crippen LogP contribution in [0.3, 0.4) is 0 Å². The molecule has 29 heavy (non-hydrogen) atoms. The van der Waals surface area contributed by atoms with E-state index in [0.717, 1.165) is 16.3 Å². The van der Waals surface area contributed by atoms with Crippen molar-refractivity contribution >= 4 is 33.5 Å². The smallest absolute Gasteiger partial charge is 0.336 e. The topological polar surface area (TPSA) is 83.3 Å². The molecule has 0 aliphatic heterocycles. The second-order valence-corrected chi connectivity index (χ2v) is 6.98. The van der Waals surface area contributed by atoms with Crippen LogP contribution in [0.1, 0.15) is 11.3 Å². The van der Waals surface area contributed by atoms with Crippen LogP contribution >= 0.6 is 11.6 Å². The third-order valence-corrected chi connectivity index (χ3v) is 4.74. The van der Waals surface area contributed by atoms with E-state index in [-0.39, 0.29) is 6.61 Å². The third kappa shape index (κ3) is 3.48. The van der Waals surface area contributed by atoms with Crippen molar-refractivity contribution in [2.75, 3.05) is 0 Å². The second kappa shape index (κ2) is 7.10. The lowest BCUT2D eigenvalue weighted by Gasteiger charge is -2.07. The van der Waals surface area contributed by atoms with E-state index in [2.05, 4.69) is 10.3 Å². The van der Waals surface area contributed by atoms with Gasteiger partial charge in [0.2, 0.25) is 5.75 Å². The molecule has 8 heteroatoms. The summed E-state index contributed by atoms with van der Waals surface area (Å²) in [6, 6.07) is 14.3. The highest BCUT2D eigenvalue weighted by atomic mass is 35.5. The molecule has 5 aromatic rings. The van der Waals surface area contributed by atoms with Gasteiger partial charge >= 0.3 is 5.63 Å². The highest BCUT2D eigenvalue weighted by Gasteiger charge is 2.15. The van der Waals surface area contributed by atoms with Crippen molar-refractivity contribution in [2.45, 2.75) is 13.2 Å². The Bertz CT molecular complexity index is 1370. The number of hydrogen-bond acceptors (Lipinski definition) is 6. The number of nitrogens with zero attached hydrogens (tertiary/aromatic N) is 3. The molecular formula is C21H14ClN3O4. The fourth-order valence-corrected chi connectivity index (χ4v) is 3.27. The third-order valence-electron chi connectivity index (χ3n) is 4.49. The Balaban J connectivity index is 1.41. The van der Waals surface area contributed by atoms with Gasteiger partial charge in [0.05, 0.1) is 19.0 Å². The van der Waals surface area contributed by atoms with E-state index < -0.39 is 5.63 Å². The van der Waals surface area contributed by atoms with Gasteiger partial charge in [-0.1, -0.05) is 28.9 Å². The molecule has 3 heterocycles. The van der Waals surface area contributed by atoms with Crippen molar-refractivity contribution in [1.29, 1.82) is 0 Å². The maximum absolute atomic E-state index is 11.7. The van der Waals surface area contributed by atoms with E-state index in [0.29, 0.717) is 34.2 Å². The number of rotatable bonds is 5. The fraction of sp³-hybridized carbons (Fsp3) is 0.0952. The Morgan fingerprint density at radius 1 is 1.03 bits per heavy atom. The minimum atomic E-state index is -0.456. The average Bonchev–Trinajstić information content (AvgIpc) is 3.36. The molecule has 0 radical (unpaired) electrons. The first-order chi connectivity index (χ1) is 14.2. The molecule has 0 saturated carbocycles. The standard InChI is InChI=1S/C21H14ClN3O4/c22-16-4-1-13(2-5-16)10-25-11-17(23-24-25)12-28-21-19-15(7-8-27-19)9-14-3-6-18(26)29-20(14)21/h1-9,11H,10,12H2. The van der Waals surface area contributed by atoms with Gasteiger partial charge in [-0.3, -0.25) is 0 Å². The summed E-state index contributed by atoms with van der Waals surface area (Å²) in [5, 5.41) is 10.6. The van der Waals surface area contributed by atoms with Crippen molar-refractivity contribution in [2.24, 2.45) is 0 Å². The minimum Gasteiger partial charge on any atom is -0.480 e. The van der Waals surface area contributed by atoms with Gasteiger partial charge in [0.15, 0.2) is 11.2 Å². The number of fused-ring (bicyclic) bond motifs is 2. The van der Waals surface area contributed by atoms with Crippen LogP contribution in [0.15, 0.2) is 74.6 Å². The highest BCUT2D eigenvalue weighted by molar-refractivity contribution is 6.30. The zero-order chi connectivity index (χ0) is 19.8. The van der Waals surface area contributed by atoms with Gasteiger partial charge < -0.3 is 13.6 Å². The van der Waals surface area contributed by atoms with Crippen LogP contribution in [-0.4, -0.2) is 15.0 Å². The molecule has 0 atom stereocenters. The number of halogens is 1. The molecule has 0 N–H and O–H groups in total. The Kier molecular flexibility index (Phi) is 4.29. The largest absolute Gasteiger partial charge is 0.480 e. The maximum atomic E-state index is 11.7. The molecule has 0 saturated heterocycles. The summed E-state index contributed by atoms with van der Waals surface area (Å²) >= 11 is 5.92. The van der Waals surface area contributed by atoms with E-state index in [9.17, 15) is 4.79 Å². The summed E-state index contributed by atoms with van der Waals surface area (Å²) < 4.78 is 18.6. The van der Waals surface area contributed by atoms with Crippen LogP contribution in [0, 0.1) is 0 Å². The monoisotopic (exact) mass is 407 g/mol. The summed E-state index contributed by atoms with van der Waals surface area (Å²) in [6.07, 6.45) is 3.37. The molecule has 0 spiro atoms. The van der Waals surface area contributed by atoms with Gasteiger partial charge in [0.25, 0.3) is 0 Å². The van der Waals surface area contributed by atoms with Gasteiger partial charge in [0, 0.05) is 21.9 Å². The molecule has 7 nitrogen and oxygen atoms in total. The Hall–Kier alpha value is -3.58. The fourth-order valence-electron chi connectivity index (χ4n) is 3.14. The van der Waals surface area contributed by atoms with Crippen molar-refractivity contribution in [3.8, 4) is 5.75 Å². The van der Waals surface area contributed by atoms with Crippen LogP contribution in [-0.2, 0) is 13.2 Å². The first kappa shape index (κ1) is 17.5. The average molecular weight is 408 g/mol. The second-order valence-electron chi connectivity index (χ2n) is 6.54. The van der Waals surface area contributed by atoms with Crippen molar-refractivity contribution in [1.82, 2.24) is 15.0 Å². The van der Waals surface area contributed by atoms with E-state index in [1.807, 2.05) is 36.4 Å². The van der Waals surface area contributed by atoms with Gasteiger partial charge in [-0.2, -0.15) is 0 Å². The molecule has 0 aliphatic carbocycles. The summed E-state index contributed by atoms with van der Waals surface area (Å²) in [5.74, 6) is 0.368. The maximum Gasteiger partial charge on any atom is 0.336 e. The molecular weight excluding hydrogens is 394 g/mol. The van der Waals surface area contributed by atoms with E-state index in [4.69, 9.17) is 25.2 Å². The van der Waals surface area contributed by atoms with Gasteiger partial charge in [-0.05, 0) is 35.9 Å². The van der Waals surface area contributed by atoms with Crippen LogP contribution in [0.4, 0.5) is 0 Å². The highest BCUT2D eigenvalue weighted by Crippen LogP contribution is 2.35. The van der Waals surface area contributed by atoms with Crippen molar-refractivity contribution < 1.29 is 13.6 Å². The van der Waals surface area contributed by atoms with Gasteiger partial charge in [-0.25, -0.2) is 9.48 Å². The van der Waals surface area contributed by atoms with Crippen LogP contribution in [0.25, 0.3) is 21.9 Å². The SMILES string of the molecule is O=c1ccc2cc3ccoc3c(OCc3cn(Cc4ccc(Cl)cc4)nn3)c2o1. The molecule has 5 rings (SSSR count). The van der Waals surface area contributed by atoms with Crippen molar-refractivity contribution in [3.05, 3.63) is 87.7 Å². The summed E-state index contributed by atoms with van der Waals surface area (Å²) in [6.45, 7) is 0.712. The van der Waals surface area contributed by atoms with Crippen LogP contribution in [0.5, 0.6) is 5.75 Å². The predicted octanol–water partition coefficient (Wildman–Crippen LogP) is 4.41. The molecule has 0 fully saturated rings. The van der Waals surface area contributed by atoms with E-state index in [1.54, 1.807) is 23.2 Å². The zero-order valence-corrected chi connectivity index (χ0v) is 15.8. The van der Waals surface area contributed by atoms with E-state index in [1.165, 1.54) is 6.07 Å². The molecule has 0 unspecified atom stereocenters. The lowest BCUT2D eigenvalue weighted by Crippen LogP contribution is -2.00. The first-order valence-electron chi connectivity index (χ1n) is 8.86. The molecule has 0 aliphatic rings. The quantitative estimate of drug-likeness (QED) is 0.401. The Morgan fingerprint density at radius 3 is 2.72 bits per heavy atom. The number of ether oxygens (including phenoxy) is 1. The summed E-state index contributed by atoms with van der Waals surface area (Å²) in [5.41, 5.74) is 2.09. The minimum absolute atomic E-state index is 0.147. The normalized spacial score (nSPS) is 11.3. The number of aromatic nitrogens is 3. The Morgan fingerprint density at radius 2 is 1.86 bits per heavy atom. The van der Waals surface area contributed by atoms with Crippen LogP contribution in [0.2, 0.25) is 5.02 Å². The summed E-state index contributed by atoms with van der Waals surface area (Å²) in [4.78, 5) is 11.7. The molecule has 2 aromatic carbocycles. The van der Waals surface area contributed by atoms with Gasteiger partial charge in [-0.15, -0.1) is 5.10 Å². The molecule has 0 bridgehead atoms. The summed E-state index contributed by atoms with van der Waals surface area (Å²) in [7, 11) is 0. The lowest BCUT2D eigenvalue weighted by molar-refractivity contribution is 0.298. The number of hydrogen-bond donors (Lipinski definition) is 0. The molecule has 0 amide bonds. The van der Waals surface area contributed by atoms with Crippen molar-refractivity contribution in [3.63, 3.8) is 0 Å². The zero-order valence-electron chi connectivity index (χ0n) is 15.0. The van der Waals surface area contributed by atoms with Gasteiger partial charge in [0.1, 0.15) is 12.3 Å². The first-order valence-corrected chi connectivity index (χ1v) is 9.24. The van der Waals surface area contributed by atoms with E-state index >= 15 is 0 Å².